The molecule has 2 rings (SSSR count). The lowest BCUT2D eigenvalue weighted by Crippen LogP contribution is -2.30. The number of carboxylic acid groups (broad SMARTS) is 2. The van der Waals surface area contributed by atoms with Crippen molar-refractivity contribution in [2.75, 3.05) is 19.8 Å². The van der Waals surface area contributed by atoms with Crippen LogP contribution >= 0.6 is 0 Å². The Labute approximate surface area is 176 Å². The summed E-state index contributed by atoms with van der Waals surface area (Å²) in [6.45, 7) is 2.72. The summed E-state index contributed by atoms with van der Waals surface area (Å²) in [6.07, 6.45) is 3.67. The van der Waals surface area contributed by atoms with Crippen LogP contribution in [0.2, 0.25) is 0 Å². The molecule has 0 aromatic heterocycles. The molecule has 0 radical (unpaired) electrons. The minimum atomic E-state index is -1.01. The van der Waals surface area contributed by atoms with Crippen LogP contribution in [0.1, 0.15) is 62.2 Å². The van der Waals surface area contributed by atoms with Gasteiger partial charge in [0.2, 0.25) is 0 Å². The van der Waals surface area contributed by atoms with Crippen molar-refractivity contribution in [2.45, 2.75) is 51.1 Å². The van der Waals surface area contributed by atoms with Gasteiger partial charge in [-0.3, -0.25) is 14.0 Å². The zero-order chi connectivity index (χ0) is 21.9. The number of alkyl halides is 1. The van der Waals surface area contributed by atoms with Gasteiger partial charge < -0.3 is 20.8 Å². The van der Waals surface area contributed by atoms with Gasteiger partial charge in [0.25, 0.3) is 0 Å². The minimum absolute atomic E-state index is 0.370. The van der Waals surface area contributed by atoms with E-state index in [9.17, 15) is 24.2 Å². The Morgan fingerprint density at radius 3 is 1.77 bits per heavy atom. The minimum Gasteiger partial charge on any atom is -0.480 e. The van der Waals surface area contributed by atoms with E-state index in [4.69, 9.17) is 0 Å². The Bertz CT molecular complexity index is 843. The van der Waals surface area contributed by atoms with Crippen molar-refractivity contribution in [3.63, 3.8) is 0 Å². The topological polar surface area (TPSA) is 98.7 Å². The predicted molar refractivity (Wildman–Crippen MR) is 115 cm³/mol. The molecule has 0 spiro atoms. The third-order valence-electron chi connectivity index (χ3n) is 5.14. The van der Waals surface area contributed by atoms with Crippen molar-refractivity contribution in [2.24, 2.45) is 0 Å². The standard InChI is InChI=1S/C23H31FN2O4/c1-2-3-14-25-20(22(27)28)18-11-7-10-17-16(18)9-8-12-19(17)21(23(29)30)26-15-6-4-5-13-24/h7-12,20-21,25-26H,2-6,13-15H2,1H3,(H,27,28)(H,29,30). The normalized spacial score (nSPS) is 13.3. The summed E-state index contributed by atoms with van der Waals surface area (Å²) >= 11 is 0. The molecular formula is C23H31FN2O4. The van der Waals surface area contributed by atoms with Gasteiger partial charge in [0.15, 0.2) is 0 Å². The van der Waals surface area contributed by atoms with E-state index in [1.807, 2.05) is 19.1 Å². The lowest BCUT2D eigenvalue weighted by molar-refractivity contribution is -0.140. The van der Waals surface area contributed by atoms with Crippen LogP contribution in [0.25, 0.3) is 10.8 Å². The number of unbranched alkanes of at least 4 members (excludes halogenated alkanes) is 3. The maximum Gasteiger partial charge on any atom is 0.325 e. The average Bonchev–Trinajstić information content (AvgIpc) is 2.73. The van der Waals surface area contributed by atoms with E-state index in [0.29, 0.717) is 48.9 Å². The first kappa shape index (κ1) is 23.8. The SMILES string of the molecule is CCCCNC(C(=O)O)c1cccc2c(C(NCCCCCF)C(=O)O)cccc12. The van der Waals surface area contributed by atoms with Crippen molar-refractivity contribution in [1.82, 2.24) is 10.6 Å². The van der Waals surface area contributed by atoms with E-state index >= 15 is 0 Å². The fourth-order valence-corrected chi connectivity index (χ4v) is 3.59. The summed E-state index contributed by atoms with van der Waals surface area (Å²) in [5.74, 6) is -1.97. The van der Waals surface area contributed by atoms with Crippen LogP contribution in [0.15, 0.2) is 36.4 Å². The summed E-state index contributed by atoms with van der Waals surface area (Å²) in [5, 5.41) is 27.1. The fourth-order valence-electron chi connectivity index (χ4n) is 3.59. The molecule has 2 aromatic rings. The molecule has 0 amide bonds. The van der Waals surface area contributed by atoms with Gasteiger partial charge in [-0.25, -0.2) is 0 Å². The molecular weight excluding hydrogens is 387 g/mol. The van der Waals surface area contributed by atoms with Crippen molar-refractivity contribution in [1.29, 1.82) is 0 Å². The number of carboxylic acids is 2. The number of hydrogen-bond acceptors (Lipinski definition) is 4. The summed E-state index contributed by atoms with van der Waals surface area (Å²) in [6, 6.07) is 8.89. The molecule has 0 aliphatic rings. The Hall–Kier alpha value is -2.51. The zero-order valence-corrected chi connectivity index (χ0v) is 17.4. The first-order valence-corrected chi connectivity index (χ1v) is 10.5. The molecule has 0 heterocycles. The number of rotatable bonds is 14. The largest absolute Gasteiger partial charge is 0.480 e. The number of aliphatic carboxylic acids is 2. The molecule has 0 bridgehead atoms. The van der Waals surface area contributed by atoms with Gasteiger partial charge in [0, 0.05) is 0 Å². The molecule has 30 heavy (non-hydrogen) atoms. The van der Waals surface area contributed by atoms with Crippen molar-refractivity contribution in [3.8, 4) is 0 Å². The Morgan fingerprint density at radius 1 is 0.833 bits per heavy atom. The van der Waals surface area contributed by atoms with Gasteiger partial charge in [-0.15, -0.1) is 0 Å². The number of benzene rings is 2. The second kappa shape index (κ2) is 12.2. The number of hydrogen-bond donors (Lipinski definition) is 4. The first-order chi connectivity index (χ1) is 14.5. The van der Waals surface area contributed by atoms with Crippen LogP contribution in [0.4, 0.5) is 4.39 Å². The van der Waals surface area contributed by atoms with E-state index < -0.39 is 24.0 Å². The van der Waals surface area contributed by atoms with Gasteiger partial charge in [-0.1, -0.05) is 49.7 Å². The number of halogens is 1. The molecule has 164 valence electrons. The second-order valence-corrected chi connectivity index (χ2v) is 7.34. The lowest BCUT2D eigenvalue weighted by atomic mass is 9.93. The van der Waals surface area contributed by atoms with Crippen molar-refractivity contribution < 1.29 is 24.2 Å². The van der Waals surface area contributed by atoms with Gasteiger partial charge in [0.05, 0.1) is 6.67 Å². The van der Waals surface area contributed by atoms with Crippen LogP contribution in [0.5, 0.6) is 0 Å². The van der Waals surface area contributed by atoms with Crippen molar-refractivity contribution in [3.05, 3.63) is 47.5 Å². The molecule has 2 unspecified atom stereocenters. The fraction of sp³-hybridized carbons (Fsp3) is 0.478. The van der Waals surface area contributed by atoms with E-state index in [1.165, 1.54) is 0 Å². The summed E-state index contributed by atoms with van der Waals surface area (Å²) in [5.41, 5.74) is 1.20. The Kier molecular flexibility index (Phi) is 9.70. The van der Waals surface area contributed by atoms with E-state index in [1.54, 1.807) is 24.3 Å². The number of carbonyl (C=O) groups is 2. The summed E-state index contributed by atoms with van der Waals surface area (Å²) < 4.78 is 12.2. The van der Waals surface area contributed by atoms with Gasteiger partial charge in [0.1, 0.15) is 12.1 Å². The number of fused-ring (bicyclic) bond motifs is 1. The maximum absolute atomic E-state index is 12.2. The zero-order valence-electron chi connectivity index (χ0n) is 17.4. The van der Waals surface area contributed by atoms with Crippen LogP contribution in [0.3, 0.4) is 0 Å². The van der Waals surface area contributed by atoms with Crippen molar-refractivity contribution >= 4 is 22.7 Å². The number of nitrogens with one attached hydrogen (secondary N) is 2. The smallest absolute Gasteiger partial charge is 0.325 e. The van der Waals surface area contributed by atoms with Crippen LogP contribution in [-0.4, -0.2) is 41.9 Å². The molecule has 6 nitrogen and oxygen atoms in total. The quantitative estimate of drug-likeness (QED) is 0.343. The molecule has 2 aromatic carbocycles. The molecule has 7 heteroatoms. The van der Waals surface area contributed by atoms with E-state index in [2.05, 4.69) is 10.6 Å². The molecule has 0 saturated carbocycles. The van der Waals surface area contributed by atoms with Gasteiger partial charge in [-0.05, 0) is 60.7 Å². The first-order valence-electron chi connectivity index (χ1n) is 10.5. The predicted octanol–water partition coefficient (Wildman–Crippen LogP) is 4.21. The summed E-state index contributed by atoms with van der Waals surface area (Å²) in [7, 11) is 0. The Morgan fingerprint density at radius 2 is 1.33 bits per heavy atom. The molecule has 0 aliphatic carbocycles. The molecule has 0 saturated heterocycles. The highest BCUT2D eigenvalue weighted by atomic mass is 19.1. The van der Waals surface area contributed by atoms with E-state index in [0.717, 1.165) is 18.2 Å². The Balaban J connectivity index is 2.36. The molecule has 4 N–H and O–H groups in total. The van der Waals surface area contributed by atoms with Gasteiger partial charge in [-0.2, -0.15) is 0 Å². The van der Waals surface area contributed by atoms with Crippen LogP contribution in [0, 0.1) is 0 Å². The summed E-state index contributed by atoms with van der Waals surface area (Å²) in [4.78, 5) is 23.8. The highest BCUT2D eigenvalue weighted by Crippen LogP contribution is 2.30. The maximum atomic E-state index is 12.2. The average molecular weight is 419 g/mol. The van der Waals surface area contributed by atoms with Crippen LogP contribution in [-0.2, 0) is 9.59 Å². The monoisotopic (exact) mass is 418 g/mol. The molecule has 0 fully saturated rings. The highest BCUT2D eigenvalue weighted by Gasteiger charge is 2.25. The second-order valence-electron chi connectivity index (χ2n) is 7.34. The highest BCUT2D eigenvalue weighted by molar-refractivity contribution is 5.95. The third kappa shape index (κ3) is 6.24. The van der Waals surface area contributed by atoms with Gasteiger partial charge >= 0.3 is 11.9 Å². The third-order valence-corrected chi connectivity index (χ3v) is 5.14. The van der Waals surface area contributed by atoms with E-state index in [-0.39, 0.29) is 6.67 Å². The molecule has 0 aliphatic heterocycles. The lowest BCUT2D eigenvalue weighted by Gasteiger charge is -2.20. The van der Waals surface area contributed by atoms with Crippen LogP contribution < -0.4 is 10.6 Å². The molecule has 2 atom stereocenters.